The number of rotatable bonds is 6. The molecular formula is C31H33NO5. The number of carbonyl (C=O) groups excluding carboxylic acids is 2. The summed E-state index contributed by atoms with van der Waals surface area (Å²) < 4.78 is 10.8. The van der Waals surface area contributed by atoms with Crippen LogP contribution in [0.5, 0.6) is 11.5 Å². The number of ketones is 1. The Morgan fingerprint density at radius 1 is 0.919 bits per heavy atom. The molecule has 3 aromatic rings. The number of nitrogens with zero attached hydrogens (tertiary/aromatic N) is 1. The highest BCUT2D eigenvalue weighted by Gasteiger charge is 2.46. The van der Waals surface area contributed by atoms with Crippen LogP contribution in [0.4, 0.5) is 0 Å². The first kappa shape index (κ1) is 26.0. The molecule has 0 bridgehead atoms. The molecular weight excluding hydrogens is 466 g/mol. The van der Waals surface area contributed by atoms with Crippen LogP contribution in [-0.4, -0.2) is 35.9 Å². The van der Waals surface area contributed by atoms with E-state index in [0.717, 1.165) is 22.3 Å². The fourth-order valence-electron chi connectivity index (χ4n) is 4.75. The average molecular weight is 500 g/mol. The summed E-state index contributed by atoms with van der Waals surface area (Å²) in [6, 6.07) is 19.7. The first-order chi connectivity index (χ1) is 17.6. The van der Waals surface area contributed by atoms with Crippen molar-refractivity contribution in [1.82, 2.24) is 4.90 Å². The Bertz CT molecular complexity index is 1370. The highest BCUT2D eigenvalue weighted by Crippen LogP contribution is 2.42. The molecule has 1 unspecified atom stereocenters. The summed E-state index contributed by atoms with van der Waals surface area (Å²) in [4.78, 5) is 28.3. The van der Waals surface area contributed by atoms with Crippen molar-refractivity contribution in [1.29, 1.82) is 0 Å². The van der Waals surface area contributed by atoms with Crippen molar-refractivity contribution in [2.75, 3.05) is 14.2 Å². The molecule has 0 aliphatic carbocycles. The number of aliphatic hydroxyl groups excluding tert-OH is 1. The number of benzene rings is 3. The van der Waals surface area contributed by atoms with Gasteiger partial charge in [-0.2, -0.15) is 0 Å². The maximum absolute atomic E-state index is 13.4. The van der Waals surface area contributed by atoms with Gasteiger partial charge in [0.05, 0.1) is 32.4 Å². The van der Waals surface area contributed by atoms with Gasteiger partial charge < -0.3 is 19.5 Å². The van der Waals surface area contributed by atoms with Gasteiger partial charge in [-0.25, -0.2) is 0 Å². The predicted molar refractivity (Wildman–Crippen MR) is 144 cm³/mol. The molecule has 1 aliphatic heterocycles. The minimum atomic E-state index is -0.763. The molecule has 37 heavy (non-hydrogen) atoms. The van der Waals surface area contributed by atoms with Crippen LogP contribution in [0, 0.1) is 6.92 Å². The minimum Gasteiger partial charge on any atom is -0.507 e. The number of likely N-dealkylation sites (tertiary alicyclic amines) is 1. The van der Waals surface area contributed by atoms with E-state index in [1.165, 1.54) is 4.90 Å². The molecule has 3 aromatic carbocycles. The lowest BCUT2D eigenvalue weighted by atomic mass is 9.85. The topological polar surface area (TPSA) is 76.1 Å². The van der Waals surface area contributed by atoms with Crippen LogP contribution in [0.1, 0.15) is 54.6 Å². The van der Waals surface area contributed by atoms with E-state index in [-0.39, 0.29) is 23.3 Å². The van der Waals surface area contributed by atoms with Crippen LogP contribution in [-0.2, 0) is 21.5 Å². The Morgan fingerprint density at radius 3 is 2.16 bits per heavy atom. The molecule has 1 amide bonds. The predicted octanol–water partition coefficient (Wildman–Crippen LogP) is 5.93. The lowest BCUT2D eigenvalue weighted by Crippen LogP contribution is -2.29. The van der Waals surface area contributed by atoms with Gasteiger partial charge in [0.25, 0.3) is 11.7 Å². The largest absolute Gasteiger partial charge is 0.507 e. The molecule has 6 nitrogen and oxygen atoms in total. The van der Waals surface area contributed by atoms with Crippen molar-refractivity contribution >= 4 is 17.4 Å². The number of aryl methyl sites for hydroxylation is 1. The normalized spacial score (nSPS) is 17.2. The van der Waals surface area contributed by atoms with E-state index in [1.54, 1.807) is 32.4 Å². The van der Waals surface area contributed by atoms with E-state index in [1.807, 2.05) is 55.5 Å². The zero-order valence-electron chi connectivity index (χ0n) is 22.2. The third-order valence-electron chi connectivity index (χ3n) is 6.83. The molecule has 0 radical (unpaired) electrons. The van der Waals surface area contributed by atoms with Gasteiger partial charge in [0.1, 0.15) is 17.3 Å². The highest BCUT2D eigenvalue weighted by molar-refractivity contribution is 6.46. The second-order valence-electron chi connectivity index (χ2n) is 10.3. The molecule has 1 N–H and O–H groups in total. The lowest BCUT2D eigenvalue weighted by Gasteiger charge is -2.27. The van der Waals surface area contributed by atoms with Crippen molar-refractivity contribution in [2.24, 2.45) is 0 Å². The molecule has 1 fully saturated rings. The van der Waals surface area contributed by atoms with Crippen LogP contribution in [0.25, 0.3) is 5.76 Å². The molecule has 192 valence electrons. The zero-order valence-corrected chi connectivity index (χ0v) is 22.2. The molecule has 6 heteroatoms. The molecule has 0 saturated carbocycles. The maximum Gasteiger partial charge on any atom is 0.295 e. The number of hydrogen-bond donors (Lipinski definition) is 1. The Kier molecular flexibility index (Phi) is 7.12. The van der Waals surface area contributed by atoms with Gasteiger partial charge in [-0.05, 0) is 53.3 Å². The third kappa shape index (κ3) is 4.96. The van der Waals surface area contributed by atoms with E-state index >= 15 is 0 Å². The van der Waals surface area contributed by atoms with Crippen molar-refractivity contribution in [3.63, 3.8) is 0 Å². The molecule has 0 spiro atoms. The van der Waals surface area contributed by atoms with Crippen molar-refractivity contribution < 1.29 is 24.2 Å². The molecule has 1 aliphatic rings. The number of aliphatic hydroxyl groups is 1. The Balaban J connectivity index is 1.88. The zero-order chi connectivity index (χ0) is 26.9. The molecule has 1 atom stereocenters. The van der Waals surface area contributed by atoms with E-state index in [2.05, 4.69) is 20.8 Å². The quantitative estimate of drug-likeness (QED) is 0.258. The van der Waals surface area contributed by atoms with E-state index < -0.39 is 17.7 Å². The van der Waals surface area contributed by atoms with E-state index in [9.17, 15) is 14.7 Å². The summed E-state index contributed by atoms with van der Waals surface area (Å²) in [5.41, 5.74) is 3.90. The Labute approximate surface area is 218 Å². The Morgan fingerprint density at radius 2 is 1.57 bits per heavy atom. The number of methoxy groups -OCH3 is 2. The molecule has 1 heterocycles. The van der Waals surface area contributed by atoms with Gasteiger partial charge in [0.15, 0.2) is 0 Å². The Hall–Kier alpha value is -4.06. The summed E-state index contributed by atoms with van der Waals surface area (Å²) in [5, 5.41) is 11.4. The number of hydrogen-bond acceptors (Lipinski definition) is 5. The van der Waals surface area contributed by atoms with Gasteiger partial charge >= 0.3 is 0 Å². The fourth-order valence-corrected chi connectivity index (χ4v) is 4.75. The summed E-state index contributed by atoms with van der Waals surface area (Å²) in [6.45, 7) is 8.39. The standard InChI is InChI=1S/C31H33NO5/c1-19-17-21(13-16-24(19)36-5)28(33)26-27(20-11-14-23(15-12-20)31(2,3)4)32(30(35)29(26)34)18-22-9-7-8-10-25(22)37-6/h7-17,27,33H,18H2,1-6H3/b28-26-. The van der Waals surface area contributed by atoms with Crippen molar-refractivity contribution in [3.05, 3.63) is 100 Å². The van der Waals surface area contributed by atoms with Gasteiger partial charge in [-0.1, -0.05) is 63.2 Å². The summed E-state index contributed by atoms with van der Waals surface area (Å²) in [7, 11) is 3.15. The van der Waals surface area contributed by atoms with Gasteiger partial charge in [-0.15, -0.1) is 0 Å². The molecule has 0 aromatic heterocycles. The van der Waals surface area contributed by atoms with Crippen LogP contribution >= 0.6 is 0 Å². The summed E-state index contributed by atoms with van der Waals surface area (Å²) >= 11 is 0. The monoisotopic (exact) mass is 499 g/mol. The van der Waals surface area contributed by atoms with Gasteiger partial charge in [0.2, 0.25) is 0 Å². The second-order valence-corrected chi connectivity index (χ2v) is 10.3. The van der Waals surface area contributed by atoms with Crippen molar-refractivity contribution in [2.45, 2.75) is 45.7 Å². The summed E-state index contributed by atoms with van der Waals surface area (Å²) in [6.07, 6.45) is 0. The maximum atomic E-state index is 13.4. The number of para-hydroxylation sites is 1. The smallest absolute Gasteiger partial charge is 0.295 e. The number of carbonyl (C=O) groups is 2. The number of amides is 1. The SMILES string of the molecule is COc1ccc(/C(O)=C2/C(=O)C(=O)N(Cc3ccccc3OC)C2c2ccc(C(C)(C)C)cc2)cc1C. The van der Waals surface area contributed by atoms with E-state index in [0.29, 0.717) is 17.1 Å². The first-order valence-electron chi connectivity index (χ1n) is 12.2. The fraction of sp³-hybridized carbons (Fsp3) is 0.290. The number of Topliss-reactive ketones (excluding diaryl/α,β-unsaturated/α-hetero) is 1. The average Bonchev–Trinajstić information content (AvgIpc) is 3.13. The van der Waals surface area contributed by atoms with Gasteiger partial charge in [-0.3, -0.25) is 9.59 Å². The van der Waals surface area contributed by atoms with Gasteiger partial charge in [0, 0.05) is 11.1 Å². The molecule has 1 saturated heterocycles. The third-order valence-corrected chi connectivity index (χ3v) is 6.83. The highest BCUT2D eigenvalue weighted by atomic mass is 16.5. The van der Waals surface area contributed by atoms with Crippen LogP contribution in [0.2, 0.25) is 0 Å². The van der Waals surface area contributed by atoms with Crippen LogP contribution in [0.15, 0.2) is 72.3 Å². The summed E-state index contributed by atoms with van der Waals surface area (Å²) in [5.74, 6) is -0.301. The minimum absolute atomic E-state index is 0.0572. The van der Waals surface area contributed by atoms with Crippen LogP contribution in [0.3, 0.4) is 0 Å². The van der Waals surface area contributed by atoms with Crippen LogP contribution < -0.4 is 9.47 Å². The first-order valence-corrected chi connectivity index (χ1v) is 12.2. The number of ether oxygens (including phenoxy) is 2. The van der Waals surface area contributed by atoms with E-state index in [4.69, 9.17) is 9.47 Å². The molecule has 4 rings (SSSR count). The second kappa shape index (κ2) is 10.1. The van der Waals surface area contributed by atoms with Crippen molar-refractivity contribution in [3.8, 4) is 11.5 Å². The lowest BCUT2D eigenvalue weighted by molar-refractivity contribution is -0.140.